The number of benzene rings is 1. The summed E-state index contributed by atoms with van der Waals surface area (Å²) in [5, 5.41) is 19.5. The molecule has 1 aliphatic rings. The molecule has 3 N–H and O–H groups in total. The van der Waals surface area contributed by atoms with E-state index in [0.717, 1.165) is 37.8 Å². The van der Waals surface area contributed by atoms with Gasteiger partial charge in [0.15, 0.2) is 5.65 Å². The van der Waals surface area contributed by atoms with Crippen LogP contribution in [0.1, 0.15) is 41.6 Å². The average molecular weight is 433 g/mol. The number of aliphatic hydroxyl groups excluding tert-OH is 1. The summed E-state index contributed by atoms with van der Waals surface area (Å²) in [6.45, 7) is 0.505. The molecule has 10 heteroatoms. The smallest absolute Gasteiger partial charge is 0.393 e. The highest BCUT2D eigenvalue weighted by Gasteiger charge is 2.30. The van der Waals surface area contributed by atoms with Gasteiger partial charge in [-0.05, 0) is 55.9 Å². The number of aliphatic hydroxyl groups is 1. The first-order valence-electron chi connectivity index (χ1n) is 10.0. The summed E-state index contributed by atoms with van der Waals surface area (Å²) < 4.78 is 40.2. The Kier molecular flexibility index (Phi) is 5.81. The van der Waals surface area contributed by atoms with Crippen LogP contribution in [0.2, 0.25) is 0 Å². The lowest BCUT2D eigenvalue weighted by atomic mass is 9.87. The van der Waals surface area contributed by atoms with Gasteiger partial charge >= 0.3 is 6.18 Å². The van der Waals surface area contributed by atoms with Gasteiger partial charge in [-0.25, -0.2) is 9.50 Å². The van der Waals surface area contributed by atoms with E-state index in [9.17, 15) is 23.1 Å². The third kappa shape index (κ3) is 4.96. The monoisotopic (exact) mass is 433 g/mol. The van der Waals surface area contributed by atoms with E-state index in [2.05, 4.69) is 20.7 Å². The van der Waals surface area contributed by atoms with Crippen molar-refractivity contribution in [2.24, 2.45) is 5.92 Å². The number of hydrogen-bond donors (Lipinski definition) is 3. The first kappa shape index (κ1) is 21.1. The maximum Gasteiger partial charge on any atom is 0.416 e. The van der Waals surface area contributed by atoms with Crippen LogP contribution in [0.25, 0.3) is 5.65 Å². The fourth-order valence-corrected chi connectivity index (χ4v) is 3.70. The Morgan fingerprint density at radius 3 is 2.71 bits per heavy atom. The molecule has 1 aromatic carbocycles. The van der Waals surface area contributed by atoms with Crippen molar-refractivity contribution >= 4 is 23.1 Å². The Morgan fingerprint density at radius 1 is 1.19 bits per heavy atom. The molecule has 31 heavy (non-hydrogen) atoms. The van der Waals surface area contributed by atoms with E-state index in [4.69, 9.17) is 0 Å². The van der Waals surface area contributed by atoms with E-state index in [1.54, 1.807) is 12.3 Å². The lowest BCUT2D eigenvalue weighted by Crippen LogP contribution is -2.32. The van der Waals surface area contributed by atoms with Crippen LogP contribution < -0.4 is 10.6 Å². The second kappa shape index (κ2) is 8.54. The van der Waals surface area contributed by atoms with Gasteiger partial charge in [-0.15, -0.1) is 0 Å². The van der Waals surface area contributed by atoms with Crippen LogP contribution in [0.15, 0.2) is 42.7 Å². The van der Waals surface area contributed by atoms with Crippen molar-refractivity contribution in [2.75, 3.05) is 11.9 Å². The van der Waals surface area contributed by atoms with Crippen LogP contribution in [-0.2, 0) is 6.18 Å². The molecule has 2 aromatic heterocycles. The molecule has 1 aliphatic carbocycles. The summed E-state index contributed by atoms with van der Waals surface area (Å²) in [5.41, 5.74) is 0.0481. The minimum atomic E-state index is -4.44. The van der Waals surface area contributed by atoms with Crippen LogP contribution >= 0.6 is 0 Å². The number of rotatable bonds is 5. The number of hydrogen-bond acceptors (Lipinski definition) is 5. The maximum absolute atomic E-state index is 12.9. The number of alkyl halides is 3. The second-order valence-corrected chi connectivity index (χ2v) is 7.73. The van der Waals surface area contributed by atoms with Crippen LogP contribution in [0.4, 0.5) is 24.7 Å². The highest BCUT2D eigenvalue weighted by atomic mass is 19.4. The van der Waals surface area contributed by atoms with Gasteiger partial charge in [-0.2, -0.15) is 18.3 Å². The SMILES string of the molecule is O=C(NCC1CCC(O)CC1)c1cnn2ccc(Nc3cccc(C(F)(F)F)c3)nc12. The summed E-state index contributed by atoms with van der Waals surface area (Å²) in [4.78, 5) is 17.0. The average Bonchev–Trinajstić information content (AvgIpc) is 3.16. The number of halogens is 3. The number of fused-ring (bicyclic) bond motifs is 1. The topological polar surface area (TPSA) is 91.5 Å². The van der Waals surface area contributed by atoms with E-state index < -0.39 is 11.7 Å². The third-order valence-electron chi connectivity index (χ3n) is 5.44. The van der Waals surface area contributed by atoms with Crippen molar-refractivity contribution in [1.29, 1.82) is 0 Å². The molecule has 164 valence electrons. The molecule has 0 atom stereocenters. The first-order chi connectivity index (χ1) is 14.8. The number of nitrogens with zero attached hydrogens (tertiary/aromatic N) is 3. The zero-order chi connectivity index (χ0) is 22.0. The molecule has 7 nitrogen and oxygen atoms in total. The Bertz CT molecular complexity index is 1070. The molecule has 0 saturated heterocycles. The Hall–Kier alpha value is -3.14. The normalized spacial score (nSPS) is 19.4. The largest absolute Gasteiger partial charge is 0.416 e. The molecule has 0 bridgehead atoms. The molecule has 2 heterocycles. The molecule has 0 aliphatic heterocycles. The van der Waals surface area contributed by atoms with Crippen molar-refractivity contribution < 1.29 is 23.1 Å². The lowest BCUT2D eigenvalue weighted by molar-refractivity contribution is -0.137. The van der Waals surface area contributed by atoms with Crippen LogP contribution in [0, 0.1) is 5.92 Å². The standard InChI is InChI=1S/C21H22F3N5O2/c22-21(23,24)14-2-1-3-15(10-14)27-18-8-9-29-19(28-18)17(12-26-29)20(31)25-11-13-4-6-16(30)7-5-13/h1-3,8-10,12-13,16,30H,4-7,11H2,(H,25,31)(H,27,28). The second-order valence-electron chi connectivity index (χ2n) is 7.73. The zero-order valence-corrected chi connectivity index (χ0v) is 16.6. The summed E-state index contributed by atoms with van der Waals surface area (Å²) in [5.74, 6) is 0.299. The number of anilines is 2. The molecular formula is C21H22F3N5O2. The highest BCUT2D eigenvalue weighted by Crippen LogP contribution is 2.31. The molecule has 0 unspecified atom stereocenters. The zero-order valence-electron chi connectivity index (χ0n) is 16.6. The van der Waals surface area contributed by atoms with Gasteiger partial charge in [0.2, 0.25) is 0 Å². The van der Waals surface area contributed by atoms with Crippen LogP contribution in [0.5, 0.6) is 0 Å². The van der Waals surface area contributed by atoms with Crippen molar-refractivity contribution in [3.05, 3.63) is 53.9 Å². The minimum absolute atomic E-state index is 0.233. The van der Waals surface area contributed by atoms with Gasteiger partial charge < -0.3 is 15.7 Å². The van der Waals surface area contributed by atoms with Gasteiger partial charge in [0.05, 0.1) is 17.9 Å². The summed E-state index contributed by atoms with van der Waals surface area (Å²) in [6.07, 6.45) is 1.50. The Morgan fingerprint density at radius 2 is 1.97 bits per heavy atom. The van der Waals surface area contributed by atoms with Crippen LogP contribution in [-0.4, -0.2) is 38.3 Å². The van der Waals surface area contributed by atoms with E-state index in [1.165, 1.54) is 22.8 Å². The van der Waals surface area contributed by atoms with Crippen molar-refractivity contribution in [3.63, 3.8) is 0 Å². The van der Waals surface area contributed by atoms with Crippen molar-refractivity contribution in [3.8, 4) is 0 Å². The molecule has 1 saturated carbocycles. The third-order valence-corrected chi connectivity index (χ3v) is 5.44. The lowest BCUT2D eigenvalue weighted by Gasteiger charge is -2.25. The summed E-state index contributed by atoms with van der Waals surface area (Å²) in [7, 11) is 0. The summed E-state index contributed by atoms with van der Waals surface area (Å²) >= 11 is 0. The molecule has 3 aromatic rings. The van der Waals surface area contributed by atoms with Gasteiger partial charge in [0.25, 0.3) is 5.91 Å². The van der Waals surface area contributed by atoms with E-state index in [0.29, 0.717) is 23.9 Å². The van der Waals surface area contributed by atoms with E-state index in [1.807, 2.05) is 0 Å². The predicted molar refractivity (Wildman–Crippen MR) is 108 cm³/mol. The van der Waals surface area contributed by atoms with Gasteiger partial charge in [0.1, 0.15) is 11.4 Å². The first-order valence-corrected chi connectivity index (χ1v) is 10.0. The fraction of sp³-hybridized carbons (Fsp3) is 0.381. The van der Waals surface area contributed by atoms with E-state index in [-0.39, 0.29) is 23.3 Å². The molecule has 1 fully saturated rings. The fourth-order valence-electron chi connectivity index (χ4n) is 3.70. The number of nitrogens with one attached hydrogen (secondary N) is 2. The van der Waals surface area contributed by atoms with Crippen molar-refractivity contribution in [2.45, 2.75) is 38.0 Å². The van der Waals surface area contributed by atoms with Crippen LogP contribution in [0.3, 0.4) is 0 Å². The number of aromatic nitrogens is 3. The number of carbonyl (C=O) groups is 1. The van der Waals surface area contributed by atoms with Gasteiger partial charge in [0, 0.05) is 18.4 Å². The molecule has 4 rings (SSSR count). The molecular weight excluding hydrogens is 411 g/mol. The molecule has 0 radical (unpaired) electrons. The van der Waals surface area contributed by atoms with Gasteiger partial charge in [-0.1, -0.05) is 6.07 Å². The van der Waals surface area contributed by atoms with Gasteiger partial charge in [-0.3, -0.25) is 4.79 Å². The maximum atomic E-state index is 12.9. The highest BCUT2D eigenvalue weighted by molar-refractivity contribution is 5.99. The minimum Gasteiger partial charge on any atom is -0.393 e. The predicted octanol–water partition coefficient (Wildman–Crippen LogP) is 3.77. The van der Waals surface area contributed by atoms with Crippen molar-refractivity contribution in [1.82, 2.24) is 19.9 Å². The summed E-state index contributed by atoms with van der Waals surface area (Å²) in [6, 6.07) is 6.37. The quantitative estimate of drug-likeness (QED) is 0.570. The number of amides is 1. The molecule has 0 spiro atoms. The Balaban J connectivity index is 1.48. The van der Waals surface area contributed by atoms with E-state index >= 15 is 0 Å². The Labute approximate surface area is 176 Å². The molecule has 1 amide bonds. The number of carbonyl (C=O) groups excluding carboxylic acids is 1.